The normalized spacial score (nSPS) is 13.2. The van der Waals surface area contributed by atoms with E-state index in [4.69, 9.17) is 4.74 Å². The van der Waals surface area contributed by atoms with Crippen LogP contribution < -0.4 is 4.74 Å². The van der Waals surface area contributed by atoms with Crippen molar-refractivity contribution >= 4 is 0 Å². The molecule has 3 nitrogen and oxygen atoms in total. The molecule has 0 saturated carbocycles. The van der Waals surface area contributed by atoms with E-state index in [9.17, 15) is 5.11 Å². The Labute approximate surface area is 123 Å². The predicted molar refractivity (Wildman–Crippen MR) is 84.1 cm³/mol. The average molecular weight is 279 g/mol. The van der Waals surface area contributed by atoms with Crippen molar-refractivity contribution < 1.29 is 9.84 Å². The Morgan fingerprint density at radius 1 is 0.950 bits per heavy atom. The van der Waals surface area contributed by atoms with Crippen LogP contribution in [0.5, 0.6) is 5.75 Å². The van der Waals surface area contributed by atoms with Gasteiger partial charge in [0.15, 0.2) is 0 Å². The van der Waals surface area contributed by atoms with Crippen LogP contribution in [-0.2, 0) is 0 Å². The second kappa shape index (κ2) is 8.98. The van der Waals surface area contributed by atoms with Crippen molar-refractivity contribution in [2.75, 3.05) is 26.2 Å². The summed E-state index contributed by atoms with van der Waals surface area (Å²) in [6.07, 6.45) is -0.451. The van der Waals surface area contributed by atoms with Gasteiger partial charge in [0.2, 0.25) is 0 Å². The van der Waals surface area contributed by atoms with Gasteiger partial charge in [-0.25, -0.2) is 0 Å². The van der Waals surface area contributed by atoms with Gasteiger partial charge >= 0.3 is 0 Å². The van der Waals surface area contributed by atoms with Crippen molar-refractivity contribution in [1.29, 1.82) is 0 Å². The molecule has 1 aromatic carbocycles. The molecule has 1 aromatic rings. The summed E-state index contributed by atoms with van der Waals surface area (Å²) in [4.78, 5) is 2.33. The Bertz CT molecular complexity index is 341. The molecule has 0 saturated heterocycles. The SMILES string of the molecule is CC(C)CN(CC(C)C)C[C@H](O)COc1ccccc1. The van der Waals surface area contributed by atoms with E-state index in [-0.39, 0.29) is 0 Å². The summed E-state index contributed by atoms with van der Waals surface area (Å²) in [6.45, 7) is 11.9. The van der Waals surface area contributed by atoms with Crippen molar-refractivity contribution in [3.8, 4) is 5.75 Å². The Hall–Kier alpha value is -1.06. The smallest absolute Gasteiger partial charge is 0.119 e. The van der Waals surface area contributed by atoms with Crippen LogP contribution in [-0.4, -0.2) is 42.4 Å². The molecule has 1 atom stereocenters. The van der Waals surface area contributed by atoms with Gasteiger partial charge in [-0.15, -0.1) is 0 Å². The molecule has 1 N–H and O–H groups in total. The largest absolute Gasteiger partial charge is 0.491 e. The summed E-state index contributed by atoms with van der Waals surface area (Å²) in [5.41, 5.74) is 0. The predicted octanol–water partition coefficient (Wildman–Crippen LogP) is 3.04. The van der Waals surface area contributed by atoms with Gasteiger partial charge < -0.3 is 14.7 Å². The Kier molecular flexibility index (Phi) is 7.63. The van der Waals surface area contributed by atoms with Gasteiger partial charge in [0.25, 0.3) is 0 Å². The molecule has 0 heterocycles. The molecule has 0 spiro atoms. The number of benzene rings is 1. The van der Waals surface area contributed by atoms with Crippen LogP contribution in [0.15, 0.2) is 30.3 Å². The molecule has 0 unspecified atom stereocenters. The fraction of sp³-hybridized carbons (Fsp3) is 0.647. The van der Waals surface area contributed by atoms with Gasteiger partial charge in [-0.3, -0.25) is 0 Å². The van der Waals surface area contributed by atoms with E-state index in [1.165, 1.54) is 0 Å². The lowest BCUT2D eigenvalue weighted by molar-refractivity contribution is 0.0601. The molecular weight excluding hydrogens is 250 g/mol. The lowest BCUT2D eigenvalue weighted by atomic mass is 10.1. The zero-order valence-corrected chi connectivity index (χ0v) is 13.2. The topological polar surface area (TPSA) is 32.7 Å². The van der Waals surface area contributed by atoms with Gasteiger partial charge in [-0.2, -0.15) is 0 Å². The van der Waals surface area contributed by atoms with Gasteiger partial charge in [0, 0.05) is 19.6 Å². The highest BCUT2D eigenvalue weighted by Gasteiger charge is 2.14. The first kappa shape index (κ1) is 17.0. The third-order valence-electron chi connectivity index (χ3n) is 2.90. The Morgan fingerprint density at radius 2 is 1.50 bits per heavy atom. The van der Waals surface area contributed by atoms with Crippen LogP contribution in [0.25, 0.3) is 0 Å². The average Bonchev–Trinajstić information content (AvgIpc) is 2.36. The van der Waals surface area contributed by atoms with Crippen LogP contribution in [0, 0.1) is 11.8 Å². The minimum atomic E-state index is -0.451. The molecule has 0 aromatic heterocycles. The van der Waals surface area contributed by atoms with E-state index in [2.05, 4.69) is 32.6 Å². The van der Waals surface area contributed by atoms with Crippen LogP contribution in [0.1, 0.15) is 27.7 Å². The molecule has 0 radical (unpaired) electrons. The van der Waals surface area contributed by atoms with Gasteiger partial charge in [-0.05, 0) is 24.0 Å². The lowest BCUT2D eigenvalue weighted by Crippen LogP contribution is -2.39. The minimum Gasteiger partial charge on any atom is -0.491 e. The van der Waals surface area contributed by atoms with Gasteiger partial charge in [0.05, 0.1) is 0 Å². The molecule has 3 heteroatoms. The molecule has 1 rings (SSSR count). The maximum Gasteiger partial charge on any atom is 0.119 e. The zero-order valence-electron chi connectivity index (χ0n) is 13.2. The fourth-order valence-electron chi connectivity index (χ4n) is 2.32. The number of hydrogen-bond acceptors (Lipinski definition) is 3. The van der Waals surface area contributed by atoms with Gasteiger partial charge in [0.1, 0.15) is 18.5 Å². The maximum absolute atomic E-state index is 10.1. The second-order valence-electron chi connectivity index (χ2n) is 6.28. The van der Waals surface area contributed by atoms with E-state index >= 15 is 0 Å². The van der Waals surface area contributed by atoms with Crippen molar-refractivity contribution in [1.82, 2.24) is 4.90 Å². The lowest BCUT2D eigenvalue weighted by Gasteiger charge is -2.28. The summed E-state index contributed by atoms with van der Waals surface area (Å²) in [6, 6.07) is 9.65. The number of aliphatic hydroxyl groups excluding tert-OH is 1. The number of aliphatic hydroxyl groups is 1. The third-order valence-corrected chi connectivity index (χ3v) is 2.90. The molecule has 0 amide bonds. The standard InChI is InChI=1S/C17H29NO2/c1-14(2)10-18(11-15(3)4)12-16(19)13-20-17-8-6-5-7-9-17/h5-9,14-16,19H,10-13H2,1-4H3/t16-/m0/s1. The number of ether oxygens (including phenoxy) is 1. The first-order valence-corrected chi connectivity index (χ1v) is 7.55. The molecule has 0 aliphatic rings. The summed E-state index contributed by atoms with van der Waals surface area (Å²) < 4.78 is 5.60. The van der Waals surface area contributed by atoms with Crippen LogP contribution in [0.3, 0.4) is 0 Å². The number of rotatable bonds is 9. The molecule has 0 bridgehead atoms. The van der Waals surface area contributed by atoms with E-state index in [0.29, 0.717) is 25.0 Å². The monoisotopic (exact) mass is 279 g/mol. The number of hydrogen-bond donors (Lipinski definition) is 1. The maximum atomic E-state index is 10.1. The number of nitrogens with zero attached hydrogens (tertiary/aromatic N) is 1. The molecule has 20 heavy (non-hydrogen) atoms. The summed E-state index contributed by atoms with van der Waals surface area (Å²) in [5.74, 6) is 2.03. The first-order chi connectivity index (χ1) is 9.47. The third kappa shape index (κ3) is 7.51. The molecule has 0 fully saturated rings. The Morgan fingerprint density at radius 3 is 2.00 bits per heavy atom. The molecule has 0 aliphatic heterocycles. The second-order valence-corrected chi connectivity index (χ2v) is 6.28. The van der Waals surface area contributed by atoms with Crippen molar-refractivity contribution in [2.24, 2.45) is 11.8 Å². The van der Waals surface area contributed by atoms with Crippen molar-refractivity contribution in [3.05, 3.63) is 30.3 Å². The van der Waals surface area contributed by atoms with Crippen molar-refractivity contribution in [2.45, 2.75) is 33.8 Å². The van der Waals surface area contributed by atoms with E-state index in [0.717, 1.165) is 18.8 Å². The quantitative estimate of drug-likeness (QED) is 0.754. The molecule has 114 valence electrons. The molecule has 0 aliphatic carbocycles. The van der Waals surface area contributed by atoms with E-state index in [1.807, 2.05) is 30.3 Å². The highest BCUT2D eigenvalue weighted by molar-refractivity contribution is 5.20. The minimum absolute atomic E-state index is 0.344. The zero-order chi connectivity index (χ0) is 15.0. The first-order valence-electron chi connectivity index (χ1n) is 7.55. The summed E-state index contributed by atoms with van der Waals surface area (Å²) >= 11 is 0. The van der Waals surface area contributed by atoms with E-state index in [1.54, 1.807) is 0 Å². The van der Waals surface area contributed by atoms with Crippen LogP contribution in [0.4, 0.5) is 0 Å². The summed E-state index contributed by atoms with van der Waals surface area (Å²) in [5, 5.41) is 10.1. The fourth-order valence-corrected chi connectivity index (χ4v) is 2.32. The summed E-state index contributed by atoms with van der Waals surface area (Å²) in [7, 11) is 0. The number of para-hydroxylation sites is 1. The highest BCUT2D eigenvalue weighted by atomic mass is 16.5. The van der Waals surface area contributed by atoms with Crippen molar-refractivity contribution in [3.63, 3.8) is 0 Å². The van der Waals surface area contributed by atoms with Gasteiger partial charge in [-0.1, -0.05) is 45.9 Å². The highest BCUT2D eigenvalue weighted by Crippen LogP contribution is 2.10. The molecular formula is C17H29NO2. The van der Waals surface area contributed by atoms with E-state index < -0.39 is 6.10 Å². The van der Waals surface area contributed by atoms with Crippen LogP contribution in [0.2, 0.25) is 0 Å². The van der Waals surface area contributed by atoms with Crippen LogP contribution >= 0.6 is 0 Å². The Balaban J connectivity index is 2.38.